The van der Waals surface area contributed by atoms with E-state index in [4.69, 9.17) is 0 Å². The van der Waals surface area contributed by atoms with Gasteiger partial charge in [0.25, 0.3) is 0 Å². The third-order valence-electron chi connectivity index (χ3n) is 5.77. The summed E-state index contributed by atoms with van der Waals surface area (Å²) in [6.45, 7) is 4.94. The second kappa shape index (κ2) is 9.19. The largest absolute Gasteiger partial charge is 1.00 e. The Labute approximate surface area is 164 Å². The van der Waals surface area contributed by atoms with Crippen molar-refractivity contribution in [2.24, 2.45) is 0 Å². The number of fused-ring (bicyclic) bond motifs is 2. The van der Waals surface area contributed by atoms with Gasteiger partial charge < -0.3 is 9.41 Å². The Balaban J connectivity index is 0.00000121. The van der Waals surface area contributed by atoms with E-state index in [0.29, 0.717) is 0 Å². The third kappa shape index (κ3) is 3.64. The summed E-state index contributed by atoms with van der Waals surface area (Å²) < 4.78 is 1.59. The molecular formula is C22H25F2SiZr. The van der Waals surface area contributed by atoms with Crippen LogP contribution in [0.2, 0.25) is 12.1 Å². The van der Waals surface area contributed by atoms with Crippen LogP contribution in [0.3, 0.4) is 0 Å². The summed E-state index contributed by atoms with van der Waals surface area (Å²) in [6.07, 6.45) is 9.98. The van der Waals surface area contributed by atoms with E-state index in [1.54, 1.807) is 11.1 Å². The van der Waals surface area contributed by atoms with Crippen LogP contribution >= 0.6 is 0 Å². The molecule has 0 radical (unpaired) electrons. The van der Waals surface area contributed by atoms with Crippen LogP contribution in [0.5, 0.6) is 0 Å². The third-order valence-corrected chi connectivity index (χ3v) is 31.9. The number of hydrogen-bond donors (Lipinski definition) is 0. The van der Waals surface area contributed by atoms with Crippen molar-refractivity contribution in [1.29, 1.82) is 0 Å². The molecule has 0 spiro atoms. The van der Waals surface area contributed by atoms with Gasteiger partial charge in [-0.2, -0.15) is 0 Å². The monoisotopic (exact) mass is 445 g/mol. The zero-order valence-electron chi connectivity index (χ0n) is 15.3. The van der Waals surface area contributed by atoms with Crippen molar-refractivity contribution in [3.05, 3.63) is 82.9 Å². The Bertz CT molecular complexity index is 737. The van der Waals surface area contributed by atoms with E-state index in [-0.39, 0.29) is 9.41 Å². The first-order valence-corrected chi connectivity index (χ1v) is 18.5. The van der Waals surface area contributed by atoms with Crippen molar-refractivity contribution in [3.8, 4) is 0 Å². The average molecular weight is 447 g/mol. The molecule has 0 fully saturated rings. The number of rotatable bonds is 5. The Kier molecular flexibility index (Phi) is 7.49. The Morgan fingerprint density at radius 1 is 0.731 bits per heavy atom. The molecule has 0 amide bonds. The van der Waals surface area contributed by atoms with Gasteiger partial charge in [-0.15, -0.1) is 0 Å². The molecule has 26 heavy (non-hydrogen) atoms. The smallest absolute Gasteiger partial charge is 1.00 e. The van der Waals surface area contributed by atoms with E-state index >= 15 is 0 Å². The Morgan fingerprint density at radius 2 is 1.15 bits per heavy atom. The Morgan fingerprint density at radius 3 is 1.58 bits per heavy atom. The van der Waals surface area contributed by atoms with Gasteiger partial charge in [0.1, 0.15) is 0 Å². The normalized spacial score (nSPS) is 18.9. The van der Waals surface area contributed by atoms with Gasteiger partial charge in [0, 0.05) is 0 Å². The van der Waals surface area contributed by atoms with Crippen LogP contribution in [0.4, 0.5) is 0 Å². The summed E-state index contributed by atoms with van der Waals surface area (Å²) in [4.78, 5) is 0. The van der Waals surface area contributed by atoms with Crippen LogP contribution in [0.15, 0.2) is 60.7 Å². The molecule has 0 aliphatic heterocycles. The summed E-state index contributed by atoms with van der Waals surface area (Å²) in [6, 6.07) is 21.2. The maximum atomic E-state index is 2.58. The molecule has 0 saturated heterocycles. The van der Waals surface area contributed by atoms with Crippen molar-refractivity contribution in [2.45, 2.75) is 33.2 Å². The molecule has 0 aromatic heterocycles. The summed E-state index contributed by atoms with van der Waals surface area (Å²) in [5.41, 5.74) is 6.25. The van der Waals surface area contributed by atoms with Crippen LogP contribution < -0.4 is 9.41 Å². The topological polar surface area (TPSA) is 0 Å². The summed E-state index contributed by atoms with van der Waals surface area (Å²) in [7, 11) is 0. The van der Waals surface area contributed by atoms with Gasteiger partial charge in [0.2, 0.25) is 0 Å². The first-order chi connectivity index (χ1) is 11.8. The fraction of sp³-hybridized carbons (Fsp3) is 0.273. The van der Waals surface area contributed by atoms with Gasteiger partial charge in [0.15, 0.2) is 0 Å². The molecule has 2 unspecified atom stereocenters. The molecule has 0 saturated carbocycles. The molecule has 0 bridgehead atoms. The first-order valence-electron chi connectivity index (χ1n) is 9.24. The van der Waals surface area contributed by atoms with Crippen molar-refractivity contribution in [3.63, 3.8) is 0 Å². The standard InChI is InChI=1S/2C9H7.C4H11Si.2FH.Zr/c2*1-2-5-9-7-3-6-8(9)4-1;1-3-5-4-2;;;/h2*1-7H;5H,3-4H2,1-2H3;2*1H;/q;;;;;+2/p-2. The Hall–Kier alpha value is -1.12. The van der Waals surface area contributed by atoms with Gasteiger partial charge in [-0.25, -0.2) is 0 Å². The number of halogens is 2. The molecule has 2 aromatic carbocycles. The minimum Gasteiger partial charge on any atom is -1.00 e. The molecule has 135 valence electrons. The summed E-state index contributed by atoms with van der Waals surface area (Å²) in [5, 5.41) is 0. The van der Waals surface area contributed by atoms with Gasteiger partial charge >= 0.3 is 155 Å². The molecule has 2 aromatic rings. The van der Waals surface area contributed by atoms with Crippen LogP contribution in [0.1, 0.15) is 43.4 Å². The maximum Gasteiger partial charge on any atom is -1.00 e. The minimum atomic E-state index is -1.69. The van der Waals surface area contributed by atoms with Crippen LogP contribution in [0.25, 0.3) is 12.2 Å². The van der Waals surface area contributed by atoms with E-state index < -0.39 is 26.8 Å². The van der Waals surface area contributed by atoms with Crippen molar-refractivity contribution >= 4 is 18.1 Å². The second-order valence-electron chi connectivity index (χ2n) is 6.94. The molecule has 4 rings (SSSR count). The fourth-order valence-corrected chi connectivity index (χ4v) is 30.5. The van der Waals surface area contributed by atoms with Gasteiger partial charge in [-0.3, -0.25) is 0 Å². The van der Waals surface area contributed by atoms with Gasteiger partial charge in [-0.05, 0) is 0 Å². The predicted octanol–water partition coefficient (Wildman–Crippen LogP) is -0.0876. The molecule has 0 N–H and O–H groups in total. The number of allylic oxidation sites excluding steroid dienone is 2. The summed E-state index contributed by atoms with van der Waals surface area (Å²) >= 11 is -1.69. The summed E-state index contributed by atoms with van der Waals surface area (Å²) in [5.74, 6) is -0.637. The zero-order chi connectivity index (χ0) is 16.5. The van der Waals surface area contributed by atoms with Gasteiger partial charge in [0.05, 0.1) is 0 Å². The molecular weight excluding hydrogens is 422 g/mol. The second-order valence-corrected chi connectivity index (χ2v) is 25.5. The number of benzene rings is 2. The van der Waals surface area contributed by atoms with Gasteiger partial charge in [-0.1, -0.05) is 0 Å². The molecule has 0 nitrogen and oxygen atoms in total. The molecule has 2 atom stereocenters. The molecule has 2 aliphatic carbocycles. The fourth-order valence-electron chi connectivity index (χ4n) is 4.54. The molecule has 4 heteroatoms. The van der Waals surface area contributed by atoms with Crippen LogP contribution in [-0.2, 0) is 20.9 Å². The average Bonchev–Trinajstić information content (AvgIpc) is 3.24. The SMILES string of the molecule is CC[SiH](CC)[Zr+2]([CH]1C=Cc2ccccc21)[CH]1C=Cc2ccccc21.[F-].[F-]. The van der Waals surface area contributed by atoms with Crippen LogP contribution in [-0.4, -0.2) is 5.92 Å². The molecule has 0 heterocycles. The van der Waals surface area contributed by atoms with E-state index in [2.05, 4.69) is 86.7 Å². The van der Waals surface area contributed by atoms with Crippen LogP contribution in [0, 0.1) is 0 Å². The minimum absolute atomic E-state index is 0. The predicted molar refractivity (Wildman–Crippen MR) is 105 cm³/mol. The van der Waals surface area contributed by atoms with E-state index in [9.17, 15) is 0 Å². The van der Waals surface area contributed by atoms with E-state index in [0.717, 1.165) is 7.25 Å². The zero-order valence-corrected chi connectivity index (χ0v) is 18.9. The maximum absolute atomic E-state index is 2.58. The van der Waals surface area contributed by atoms with Crippen molar-refractivity contribution < 1.29 is 30.3 Å². The number of hydrogen-bond acceptors (Lipinski definition) is 0. The molecule has 2 aliphatic rings. The first kappa shape index (κ1) is 21.2. The quantitative estimate of drug-likeness (QED) is 0.564. The van der Waals surface area contributed by atoms with E-state index in [1.165, 1.54) is 23.2 Å². The van der Waals surface area contributed by atoms with Crippen molar-refractivity contribution in [1.82, 2.24) is 0 Å². The van der Waals surface area contributed by atoms with Crippen molar-refractivity contribution in [2.75, 3.05) is 0 Å². The van der Waals surface area contributed by atoms with E-state index in [1.807, 2.05) is 0 Å².